The smallest absolute Gasteiger partial charge is 0.387 e. The van der Waals surface area contributed by atoms with E-state index in [-0.39, 0.29) is 42.8 Å². The Bertz CT molecular complexity index is 810. The third-order valence-electron chi connectivity index (χ3n) is 4.11. The summed E-state index contributed by atoms with van der Waals surface area (Å²) in [4.78, 5) is 4.45. The highest BCUT2D eigenvalue weighted by Crippen LogP contribution is 2.26. The van der Waals surface area contributed by atoms with E-state index in [0.717, 1.165) is 11.3 Å². The summed E-state index contributed by atoms with van der Waals surface area (Å²) in [6.07, 6.45) is 0. The molecule has 162 valence electrons. The number of aliphatic imine (C=N–C) groups is 1. The van der Waals surface area contributed by atoms with Gasteiger partial charge in [-0.2, -0.15) is 8.78 Å². The predicted molar refractivity (Wildman–Crippen MR) is 119 cm³/mol. The molecule has 0 spiro atoms. The summed E-state index contributed by atoms with van der Waals surface area (Å²) >= 11 is 0. The number of furan rings is 1. The topological polar surface area (TPSA) is 79.0 Å². The Kier molecular flexibility index (Phi) is 9.84. The molecule has 0 aliphatic rings. The lowest BCUT2D eigenvalue weighted by Crippen LogP contribution is -2.44. The van der Waals surface area contributed by atoms with Gasteiger partial charge in [0.05, 0.1) is 13.1 Å². The standard InChI is InChI=1S/C20H27F2N3O3.HI/c1-5-23-19(24-11-15-7-6-8-16(10-15)28-18(21)22)25-12-20(4,26)17-9-13(2)27-14(17)3;/h6-10,18,26H,5,11-12H2,1-4H3,(H2,23,24,25);1H. The molecular weight excluding hydrogens is 495 g/mol. The zero-order chi connectivity index (χ0) is 20.7. The molecule has 1 unspecified atom stereocenters. The van der Waals surface area contributed by atoms with Crippen LogP contribution in [0.25, 0.3) is 0 Å². The number of nitrogens with zero attached hydrogens (tertiary/aromatic N) is 1. The molecule has 0 bridgehead atoms. The van der Waals surface area contributed by atoms with Gasteiger partial charge < -0.3 is 24.9 Å². The van der Waals surface area contributed by atoms with Gasteiger partial charge in [-0.3, -0.25) is 0 Å². The molecule has 29 heavy (non-hydrogen) atoms. The molecule has 1 atom stereocenters. The summed E-state index contributed by atoms with van der Waals surface area (Å²) in [6.45, 7) is 5.51. The number of hydrogen-bond donors (Lipinski definition) is 3. The summed E-state index contributed by atoms with van der Waals surface area (Å²) in [7, 11) is 0. The normalized spacial score (nSPS) is 13.6. The number of alkyl halides is 2. The molecule has 2 aromatic rings. The Labute approximate surface area is 186 Å². The highest BCUT2D eigenvalue weighted by Gasteiger charge is 2.27. The van der Waals surface area contributed by atoms with Crippen molar-refractivity contribution >= 4 is 29.9 Å². The van der Waals surface area contributed by atoms with Gasteiger partial charge in [0.1, 0.15) is 22.9 Å². The minimum atomic E-state index is -2.87. The van der Waals surface area contributed by atoms with Crippen molar-refractivity contribution in [1.29, 1.82) is 0 Å². The average molecular weight is 523 g/mol. The summed E-state index contributed by atoms with van der Waals surface area (Å²) in [5.74, 6) is 2.00. The highest BCUT2D eigenvalue weighted by molar-refractivity contribution is 14.0. The molecule has 0 fully saturated rings. The van der Waals surface area contributed by atoms with Crippen LogP contribution in [0.3, 0.4) is 0 Å². The largest absolute Gasteiger partial charge is 0.466 e. The minimum Gasteiger partial charge on any atom is -0.466 e. The number of guanidine groups is 1. The molecule has 0 aliphatic heterocycles. The molecule has 1 aromatic carbocycles. The first-order chi connectivity index (χ1) is 13.2. The van der Waals surface area contributed by atoms with E-state index in [1.54, 1.807) is 19.1 Å². The highest BCUT2D eigenvalue weighted by atomic mass is 127. The van der Waals surface area contributed by atoms with Crippen LogP contribution in [0.1, 0.15) is 36.5 Å². The first-order valence-corrected chi connectivity index (χ1v) is 9.07. The fraction of sp³-hybridized carbons (Fsp3) is 0.450. The van der Waals surface area contributed by atoms with Crippen molar-refractivity contribution in [3.63, 3.8) is 0 Å². The van der Waals surface area contributed by atoms with Crippen LogP contribution in [0.5, 0.6) is 5.75 Å². The van der Waals surface area contributed by atoms with Gasteiger partial charge in [0, 0.05) is 12.1 Å². The first kappa shape index (κ1) is 25.2. The van der Waals surface area contributed by atoms with E-state index in [0.29, 0.717) is 23.8 Å². The predicted octanol–water partition coefficient (Wildman–Crippen LogP) is 4.08. The first-order valence-electron chi connectivity index (χ1n) is 9.07. The molecule has 3 N–H and O–H groups in total. The van der Waals surface area contributed by atoms with Crippen LogP contribution in [-0.2, 0) is 12.1 Å². The van der Waals surface area contributed by atoms with Crippen LogP contribution in [0, 0.1) is 13.8 Å². The number of aryl methyl sites for hydroxylation is 2. The number of rotatable bonds is 8. The van der Waals surface area contributed by atoms with Crippen molar-refractivity contribution in [2.45, 2.75) is 46.5 Å². The van der Waals surface area contributed by atoms with Gasteiger partial charge in [-0.25, -0.2) is 4.99 Å². The molecule has 2 rings (SSSR count). The summed E-state index contributed by atoms with van der Waals surface area (Å²) in [6, 6.07) is 8.22. The summed E-state index contributed by atoms with van der Waals surface area (Å²) < 4.78 is 34.6. The maximum absolute atomic E-state index is 12.3. The van der Waals surface area contributed by atoms with Gasteiger partial charge in [-0.05, 0) is 51.5 Å². The molecule has 1 aromatic heterocycles. The number of halogens is 3. The lowest BCUT2D eigenvalue weighted by atomic mass is 9.96. The van der Waals surface area contributed by atoms with Crippen molar-refractivity contribution in [2.75, 3.05) is 13.1 Å². The van der Waals surface area contributed by atoms with E-state index in [4.69, 9.17) is 4.42 Å². The summed E-state index contributed by atoms with van der Waals surface area (Å²) in [5, 5.41) is 17.0. The molecule has 0 saturated heterocycles. The number of aliphatic hydroxyl groups is 1. The van der Waals surface area contributed by atoms with Crippen LogP contribution in [0.2, 0.25) is 0 Å². The lowest BCUT2D eigenvalue weighted by molar-refractivity contribution is -0.0498. The number of hydrogen-bond acceptors (Lipinski definition) is 4. The maximum atomic E-state index is 12.3. The zero-order valence-electron chi connectivity index (χ0n) is 17.0. The van der Waals surface area contributed by atoms with E-state index < -0.39 is 12.2 Å². The van der Waals surface area contributed by atoms with Crippen molar-refractivity contribution in [2.24, 2.45) is 4.99 Å². The molecule has 0 amide bonds. The van der Waals surface area contributed by atoms with Gasteiger partial charge >= 0.3 is 6.61 Å². The van der Waals surface area contributed by atoms with Gasteiger partial charge in [0.25, 0.3) is 0 Å². The van der Waals surface area contributed by atoms with Crippen LogP contribution in [-0.4, -0.2) is 30.8 Å². The van der Waals surface area contributed by atoms with E-state index in [1.165, 1.54) is 12.1 Å². The fourth-order valence-corrected chi connectivity index (χ4v) is 2.85. The van der Waals surface area contributed by atoms with Crippen LogP contribution >= 0.6 is 24.0 Å². The van der Waals surface area contributed by atoms with E-state index in [2.05, 4.69) is 20.4 Å². The number of benzene rings is 1. The molecule has 0 aliphatic carbocycles. The van der Waals surface area contributed by atoms with E-state index in [1.807, 2.05) is 26.8 Å². The van der Waals surface area contributed by atoms with Gasteiger partial charge in [-0.15, -0.1) is 24.0 Å². The molecular formula is C20H28F2IN3O3. The van der Waals surface area contributed by atoms with Crippen molar-refractivity contribution in [3.8, 4) is 5.75 Å². The molecule has 1 heterocycles. The third kappa shape index (κ3) is 7.81. The molecule has 0 radical (unpaired) electrons. The quantitative estimate of drug-likeness (QED) is 0.276. The molecule has 6 nitrogen and oxygen atoms in total. The second kappa shape index (κ2) is 11.3. The number of nitrogens with one attached hydrogen (secondary N) is 2. The molecule has 9 heteroatoms. The Morgan fingerprint density at radius 2 is 2.00 bits per heavy atom. The Hall–Kier alpha value is -1.88. The van der Waals surface area contributed by atoms with Crippen LogP contribution < -0.4 is 15.4 Å². The van der Waals surface area contributed by atoms with Gasteiger partial charge in [-0.1, -0.05) is 12.1 Å². The maximum Gasteiger partial charge on any atom is 0.387 e. The van der Waals surface area contributed by atoms with Crippen molar-refractivity contribution < 1.29 is 23.0 Å². The summed E-state index contributed by atoms with van der Waals surface area (Å²) in [5.41, 5.74) is 0.289. The lowest BCUT2D eigenvalue weighted by Gasteiger charge is -2.24. The third-order valence-corrected chi connectivity index (χ3v) is 4.11. The van der Waals surface area contributed by atoms with Crippen molar-refractivity contribution in [1.82, 2.24) is 10.6 Å². The van der Waals surface area contributed by atoms with Crippen LogP contribution in [0.15, 0.2) is 39.7 Å². The Balaban J connectivity index is 0.00000420. The Morgan fingerprint density at radius 3 is 2.59 bits per heavy atom. The second-order valence-electron chi connectivity index (χ2n) is 6.68. The fourth-order valence-electron chi connectivity index (χ4n) is 2.85. The number of ether oxygens (including phenoxy) is 1. The second-order valence-corrected chi connectivity index (χ2v) is 6.68. The zero-order valence-corrected chi connectivity index (χ0v) is 19.3. The van der Waals surface area contributed by atoms with E-state index >= 15 is 0 Å². The van der Waals surface area contributed by atoms with Crippen LogP contribution in [0.4, 0.5) is 8.78 Å². The average Bonchev–Trinajstić information content (AvgIpc) is 2.96. The molecule has 0 saturated carbocycles. The van der Waals surface area contributed by atoms with E-state index in [9.17, 15) is 13.9 Å². The minimum absolute atomic E-state index is 0. The monoisotopic (exact) mass is 523 g/mol. The van der Waals surface area contributed by atoms with Gasteiger partial charge in [0.2, 0.25) is 0 Å². The SMILES string of the molecule is CCNC(=NCc1cccc(OC(F)F)c1)NCC(C)(O)c1cc(C)oc1C.I. The van der Waals surface area contributed by atoms with Gasteiger partial charge in [0.15, 0.2) is 5.96 Å². The Morgan fingerprint density at radius 1 is 1.28 bits per heavy atom. The van der Waals surface area contributed by atoms with Crippen molar-refractivity contribution in [3.05, 3.63) is 53.0 Å².